The Kier molecular flexibility index (Phi) is 4.94. The van der Waals surface area contributed by atoms with Crippen LogP contribution in [0.2, 0.25) is 0 Å². The van der Waals surface area contributed by atoms with E-state index in [4.69, 9.17) is 0 Å². The van der Waals surface area contributed by atoms with Crippen LogP contribution in [-0.2, 0) is 6.54 Å². The number of aryl methyl sites for hydroxylation is 3. The largest absolute Gasteiger partial charge is 0.379 e. The fraction of sp³-hybridized carbons (Fsp3) is 0.333. The Labute approximate surface area is 136 Å². The van der Waals surface area contributed by atoms with Crippen LogP contribution in [0.3, 0.4) is 0 Å². The van der Waals surface area contributed by atoms with Gasteiger partial charge in [0.2, 0.25) is 0 Å². The second-order valence-electron chi connectivity index (χ2n) is 5.79. The van der Waals surface area contributed by atoms with Crippen LogP contribution in [0.4, 0.5) is 11.4 Å². The molecule has 2 nitrogen and oxygen atoms in total. The first-order valence-electron chi connectivity index (χ1n) is 7.16. The summed E-state index contributed by atoms with van der Waals surface area (Å²) in [5.74, 6) is 0. The minimum absolute atomic E-state index is 0.843. The Hall–Kier alpha value is -1.48. The first-order chi connectivity index (χ1) is 9.88. The molecule has 0 aliphatic carbocycles. The molecule has 0 saturated heterocycles. The summed E-state index contributed by atoms with van der Waals surface area (Å²) in [4.78, 5) is 2.13. The smallest absolute Gasteiger partial charge is 0.0597 e. The van der Waals surface area contributed by atoms with Crippen LogP contribution < -0.4 is 10.2 Å². The molecule has 0 heterocycles. The lowest BCUT2D eigenvalue weighted by molar-refractivity contribution is 1.07. The van der Waals surface area contributed by atoms with E-state index in [1.807, 2.05) is 0 Å². The molecule has 2 rings (SSSR count). The number of rotatable bonds is 4. The molecule has 2 aromatic rings. The van der Waals surface area contributed by atoms with Crippen LogP contribution >= 0.6 is 15.9 Å². The summed E-state index contributed by atoms with van der Waals surface area (Å²) in [7, 11) is 4.13. The summed E-state index contributed by atoms with van der Waals surface area (Å²) in [5.41, 5.74) is 7.74. The molecule has 0 aliphatic rings. The molecule has 0 unspecified atom stereocenters. The molecule has 0 bridgehead atoms. The van der Waals surface area contributed by atoms with E-state index in [0.717, 1.165) is 16.7 Å². The van der Waals surface area contributed by atoms with Gasteiger partial charge in [0.05, 0.1) is 11.4 Å². The highest BCUT2D eigenvalue weighted by Crippen LogP contribution is 2.29. The van der Waals surface area contributed by atoms with Gasteiger partial charge in [-0.2, -0.15) is 0 Å². The van der Waals surface area contributed by atoms with Gasteiger partial charge in [0, 0.05) is 25.1 Å². The highest BCUT2D eigenvalue weighted by atomic mass is 79.9. The Bertz CT molecular complexity index is 625. The predicted octanol–water partition coefficient (Wildman–Crippen LogP) is 5.05. The molecule has 0 amide bonds. The van der Waals surface area contributed by atoms with Gasteiger partial charge < -0.3 is 10.2 Å². The third kappa shape index (κ3) is 3.79. The number of benzene rings is 2. The zero-order valence-corrected chi connectivity index (χ0v) is 15.0. The zero-order chi connectivity index (χ0) is 15.6. The van der Waals surface area contributed by atoms with E-state index in [1.54, 1.807) is 0 Å². The maximum atomic E-state index is 3.58. The normalized spacial score (nSPS) is 10.6. The van der Waals surface area contributed by atoms with Crippen molar-refractivity contribution in [2.45, 2.75) is 27.3 Å². The predicted molar refractivity (Wildman–Crippen MR) is 96.4 cm³/mol. The van der Waals surface area contributed by atoms with Gasteiger partial charge in [0.25, 0.3) is 0 Å². The standard InChI is InChI=1S/C18H23BrN2/c1-12-8-13(2)16(14(3)9-12)11-20-17-10-15(19)6-7-18(17)21(4)5/h6-10,20H,11H2,1-5H3. The number of hydrogen-bond donors (Lipinski definition) is 1. The van der Waals surface area contributed by atoms with Gasteiger partial charge in [0.15, 0.2) is 0 Å². The number of anilines is 2. The highest BCUT2D eigenvalue weighted by Gasteiger charge is 2.08. The molecule has 0 spiro atoms. The van der Waals surface area contributed by atoms with Crippen molar-refractivity contribution in [1.29, 1.82) is 0 Å². The van der Waals surface area contributed by atoms with Gasteiger partial charge in [-0.05, 0) is 55.7 Å². The van der Waals surface area contributed by atoms with E-state index in [1.165, 1.54) is 27.9 Å². The summed E-state index contributed by atoms with van der Waals surface area (Å²) < 4.78 is 1.09. The van der Waals surface area contributed by atoms with Crippen molar-refractivity contribution >= 4 is 27.3 Å². The van der Waals surface area contributed by atoms with Crippen molar-refractivity contribution < 1.29 is 0 Å². The lowest BCUT2D eigenvalue weighted by atomic mass is 10.00. The molecule has 0 aromatic heterocycles. The topological polar surface area (TPSA) is 15.3 Å². The molecule has 0 radical (unpaired) electrons. The van der Waals surface area contributed by atoms with E-state index in [9.17, 15) is 0 Å². The minimum atomic E-state index is 0.843. The van der Waals surface area contributed by atoms with Crippen LogP contribution in [0.15, 0.2) is 34.8 Å². The number of halogens is 1. The van der Waals surface area contributed by atoms with Crippen molar-refractivity contribution in [3.05, 3.63) is 57.1 Å². The van der Waals surface area contributed by atoms with E-state index in [2.05, 4.69) is 91.3 Å². The summed E-state index contributed by atoms with van der Waals surface area (Å²) in [6.07, 6.45) is 0. The van der Waals surface area contributed by atoms with E-state index in [-0.39, 0.29) is 0 Å². The Balaban J connectivity index is 2.26. The third-order valence-corrected chi connectivity index (χ3v) is 4.23. The molecule has 0 aliphatic heterocycles. The second-order valence-corrected chi connectivity index (χ2v) is 6.70. The van der Waals surface area contributed by atoms with Crippen LogP contribution in [0.25, 0.3) is 0 Å². The van der Waals surface area contributed by atoms with E-state index < -0.39 is 0 Å². The van der Waals surface area contributed by atoms with Gasteiger partial charge in [-0.1, -0.05) is 33.6 Å². The summed E-state index contributed by atoms with van der Waals surface area (Å²) in [5, 5.41) is 3.58. The molecule has 3 heteroatoms. The third-order valence-electron chi connectivity index (χ3n) is 3.74. The Morgan fingerprint density at radius 2 is 1.62 bits per heavy atom. The molecule has 21 heavy (non-hydrogen) atoms. The van der Waals surface area contributed by atoms with Gasteiger partial charge in [-0.3, -0.25) is 0 Å². The molecule has 0 fully saturated rings. The number of nitrogens with zero attached hydrogens (tertiary/aromatic N) is 1. The molecular weight excluding hydrogens is 324 g/mol. The Morgan fingerprint density at radius 1 is 1.00 bits per heavy atom. The van der Waals surface area contributed by atoms with E-state index in [0.29, 0.717) is 0 Å². The highest BCUT2D eigenvalue weighted by molar-refractivity contribution is 9.10. The van der Waals surface area contributed by atoms with Gasteiger partial charge in [-0.15, -0.1) is 0 Å². The molecule has 2 aromatic carbocycles. The molecule has 112 valence electrons. The fourth-order valence-corrected chi connectivity index (χ4v) is 3.07. The van der Waals surface area contributed by atoms with Crippen molar-refractivity contribution in [3.8, 4) is 0 Å². The van der Waals surface area contributed by atoms with Gasteiger partial charge in [0.1, 0.15) is 0 Å². The second kappa shape index (κ2) is 6.52. The van der Waals surface area contributed by atoms with E-state index >= 15 is 0 Å². The first kappa shape index (κ1) is 15.9. The quantitative estimate of drug-likeness (QED) is 0.832. The zero-order valence-electron chi connectivity index (χ0n) is 13.4. The summed E-state index contributed by atoms with van der Waals surface area (Å²) in [6.45, 7) is 7.36. The van der Waals surface area contributed by atoms with Crippen molar-refractivity contribution in [2.75, 3.05) is 24.3 Å². The fourth-order valence-electron chi connectivity index (χ4n) is 2.71. The lowest BCUT2D eigenvalue weighted by Crippen LogP contribution is -2.12. The summed E-state index contributed by atoms with van der Waals surface area (Å²) >= 11 is 3.55. The van der Waals surface area contributed by atoms with Crippen LogP contribution in [0.1, 0.15) is 22.3 Å². The van der Waals surface area contributed by atoms with Crippen molar-refractivity contribution in [3.63, 3.8) is 0 Å². The number of nitrogens with one attached hydrogen (secondary N) is 1. The average molecular weight is 347 g/mol. The van der Waals surface area contributed by atoms with Crippen LogP contribution in [0, 0.1) is 20.8 Å². The minimum Gasteiger partial charge on any atom is -0.379 e. The maximum Gasteiger partial charge on any atom is 0.0597 e. The SMILES string of the molecule is Cc1cc(C)c(CNc2cc(Br)ccc2N(C)C)c(C)c1. The van der Waals surface area contributed by atoms with Crippen LogP contribution in [-0.4, -0.2) is 14.1 Å². The first-order valence-corrected chi connectivity index (χ1v) is 7.95. The summed E-state index contributed by atoms with van der Waals surface area (Å²) in [6, 6.07) is 10.8. The van der Waals surface area contributed by atoms with Crippen molar-refractivity contribution in [2.24, 2.45) is 0 Å². The van der Waals surface area contributed by atoms with Gasteiger partial charge >= 0.3 is 0 Å². The van der Waals surface area contributed by atoms with Crippen molar-refractivity contribution in [1.82, 2.24) is 0 Å². The lowest BCUT2D eigenvalue weighted by Gasteiger charge is -2.20. The number of hydrogen-bond acceptors (Lipinski definition) is 2. The Morgan fingerprint density at radius 3 is 2.19 bits per heavy atom. The van der Waals surface area contributed by atoms with Gasteiger partial charge in [-0.25, -0.2) is 0 Å². The average Bonchev–Trinajstić information content (AvgIpc) is 2.37. The van der Waals surface area contributed by atoms with Crippen LogP contribution in [0.5, 0.6) is 0 Å². The maximum absolute atomic E-state index is 3.58. The monoisotopic (exact) mass is 346 g/mol. The molecule has 0 atom stereocenters. The molecular formula is C18H23BrN2. The molecule has 1 N–H and O–H groups in total. The molecule has 0 saturated carbocycles.